The lowest BCUT2D eigenvalue weighted by molar-refractivity contribution is -0.137. The third-order valence-corrected chi connectivity index (χ3v) is 17.0. The van der Waals surface area contributed by atoms with E-state index < -0.39 is 72.2 Å². The number of hydrogen-bond donors (Lipinski definition) is 3. The first kappa shape index (κ1) is 54.3. The van der Waals surface area contributed by atoms with Gasteiger partial charge in [0, 0.05) is 73.6 Å². The van der Waals surface area contributed by atoms with Crippen LogP contribution in [-0.4, -0.2) is 107 Å². The van der Waals surface area contributed by atoms with Gasteiger partial charge in [-0.25, -0.2) is 13.6 Å². The number of hydrogen-bond acceptors (Lipinski definition) is 11. The van der Waals surface area contributed by atoms with E-state index in [0.29, 0.717) is 77.7 Å². The summed E-state index contributed by atoms with van der Waals surface area (Å²) in [5, 5.41) is 6.01. The smallest absolute Gasteiger partial charge is 0.404 e. The second kappa shape index (κ2) is 22.7. The molecule has 4 aliphatic heterocycles. The molecule has 5 aromatic rings. The van der Waals surface area contributed by atoms with Crippen LogP contribution in [0.15, 0.2) is 91.0 Å². The minimum atomic E-state index is -3.09. The summed E-state index contributed by atoms with van der Waals surface area (Å²) >= 11 is 1.10. The number of para-hydroxylation sites is 1. The number of carbonyl (C=O) groups is 9. The minimum absolute atomic E-state index is 0.0686. The number of alkyl halides is 2. The predicted molar refractivity (Wildman–Crippen MR) is 288 cm³/mol. The molecule has 0 bridgehead atoms. The van der Waals surface area contributed by atoms with Gasteiger partial charge < -0.3 is 30.9 Å². The van der Waals surface area contributed by atoms with E-state index in [9.17, 15) is 51.9 Å². The molecule has 79 heavy (non-hydrogen) atoms. The normalized spacial score (nSPS) is 19.9. The fourth-order valence-corrected chi connectivity index (χ4v) is 12.6. The summed E-state index contributed by atoms with van der Waals surface area (Å²) in [5.74, 6) is -0.628. The number of nitrogens with one attached hydrogen (secondary N) is 2. The zero-order valence-corrected chi connectivity index (χ0v) is 44.2. The number of likely N-dealkylation sites (tertiary alicyclic amines) is 1. The Hall–Kier alpha value is -8.11. The van der Waals surface area contributed by atoms with Gasteiger partial charge in [-0.05, 0) is 102 Å². The number of rotatable bonds is 15. The number of halogens is 2. The van der Waals surface area contributed by atoms with Gasteiger partial charge in [-0.3, -0.25) is 43.3 Å². The Kier molecular flexibility index (Phi) is 15.6. The Morgan fingerprint density at radius 3 is 2.39 bits per heavy atom. The molecule has 6 amide bonds. The van der Waals surface area contributed by atoms with Crippen LogP contribution in [0.5, 0.6) is 0 Å². The molecule has 5 heterocycles. The van der Waals surface area contributed by atoms with Crippen LogP contribution in [0, 0.1) is 17.8 Å². The number of fused-ring (bicyclic) bond motifs is 2. The van der Waals surface area contributed by atoms with Gasteiger partial charge >= 0.3 is 6.09 Å². The number of primary amides is 1. The van der Waals surface area contributed by atoms with Crippen molar-refractivity contribution in [2.24, 2.45) is 11.7 Å². The van der Waals surface area contributed by atoms with Crippen LogP contribution in [0.25, 0.3) is 10.1 Å². The number of piperidine rings is 1. The fraction of sp³-hybridized carbons (Fsp3) is 0.383. The number of ether oxygens (including phenoxy) is 1. The van der Waals surface area contributed by atoms with Crippen LogP contribution in [0.2, 0.25) is 0 Å². The lowest BCUT2D eigenvalue weighted by atomic mass is 9.88. The third-order valence-electron chi connectivity index (χ3n) is 15.9. The summed E-state index contributed by atoms with van der Waals surface area (Å²) in [5.41, 5.74) is 9.76. The topological polar surface area (TPSA) is 223 Å². The SMILES string of the molecule is CC(F)(F)c1ccc2sc(C(=O)N[C@H]3CCc4cccc5c4N(C3=O)[C@H](C(=O)N[C@@H](COC(N)=O)C(=O)C[C@H](C(=O)N3CCC(CCC#Cc4cccc6c4CN(C4CCC(=O)CC4=O)C6=O)CC3)c3ccccc3)C5)cc2c1. The van der Waals surface area contributed by atoms with E-state index in [4.69, 9.17) is 10.5 Å². The monoisotopic (exact) mass is 1090 g/mol. The number of thiophene rings is 1. The van der Waals surface area contributed by atoms with Gasteiger partial charge in [0.25, 0.3) is 17.7 Å². The van der Waals surface area contributed by atoms with Gasteiger partial charge in [0.15, 0.2) is 11.6 Å². The van der Waals surface area contributed by atoms with Crippen LogP contribution in [0.1, 0.15) is 124 Å². The number of nitrogens with zero attached hydrogens (tertiary/aromatic N) is 3. The number of carbonyl (C=O) groups excluding carboxylic acids is 9. The molecule has 4 N–H and O–H groups in total. The van der Waals surface area contributed by atoms with Crippen molar-refractivity contribution in [3.8, 4) is 11.8 Å². The molecule has 5 aliphatic rings. The van der Waals surface area contributed by atoms with Crippen LogP contribution < -0.4 is 21.3 Å². The molecule has 1 unspecified atom stereocenters. The number of amides is 6. The molecule has 408 valence electrons. The molecule has 16 nitrogen and oxygen atoms in total. The lowest BCUT2D eigenvalue weighted by Crippen LogP contribution is -2.57. The van der Waals surface area contributed by atoms with E-state index in [1.807, 2.05) is 18.2 Å². The first-order valence-corrected chi connectivity index (χ1v) is 27.4. The maximum Gasteiger partial charge on any atom is 0.404 e. The fourth-order valence-electron chi connectivity index (χ4n) is 11.7. The van der Waals surface area contributed by atoms with Crippen molar-refractivity contribution in [1.82, 2.24) is 20.4 Å². The van der Waals surface area contributed by atoms with Gasteiger partial charge in [0.1, 0.15) is 30.5 Å². The molecule has 1 aromatic heterocycles. The molecule has 1 saturated carbocycles. The van der Waals surface area contributed by atoms with Crippen molar-refractivity contribution in [3.05, 3.63) is 135 Å². The van der Waals surface area contributed by atoms with Crippen LogP contribution in [0.4, 0.5) is 19.3 Å². The van der Waals surface area contributed by atoms with E-state index >= 15 is 0 Å². The molecular weight excluding hydrogens is 1030 g/mol. The predicted octanol–water partition coefficient (Wildman–Crippen LogP) is 7.06. The minimum Gasteiger partial charge on any atom is -0.447 e. The third kappa shape index (κ3) is 11.6. The number of ketones is 3. The van der Waals surface area contributed by atoms with Crippen LogP contribution >= 0.6 is 11.3 Å². The van der Waals surface area contributed by atoms with Crippen LogP contribution in [0.3, 0.4) is 0 Å². The molecule has 1 aliphatic carbocycles. The molecule has 2 fully saturated rings. The van der Waals surface area contributed by atoms with Crippen molar-refractivity contribution in [3.63, 3.8) is 0 Å². The summed E-state index contributed by atoms with van der Waals surface area (Å²) in [6.07, 6.45) is 2.24. The standard InChI is InChI=1S/C60H58F2N6O10S/c1-60(61,62)40-18-22-51-39(27-40)29-52(79-51)55(73)64-45-20-17-37-14-7-15-38-28-48(68(53(37)38)58(45)76)54(72)65-46(33-78-59(63)77)49(70)31-43(35-10-3-2-4-11-35)56(74)66-25-23-34(24-26-66)9-5-6-12-36-13-8-16-42-44(36)32-67(57(42)75)47-21-19-41(69)30-50(47)71/h2-4,7-8,10-11,13-16,18,22,27,29,34,43,45-48H,5,9,17,19-21,23-26,28,30-33H2,1H3,(H2,63,77)(H,64,73)(H,65,72)/t43-,45-,46-,47?,48-/m0/s1. The summed E-state index contributed by atoms with van der Waals surface area (Å²) in [6, 6.07) is 21.0. The van der Waals surface area contributed by atoms with Crippen LogP contribution in [-0.2, 0) is 58.8 Å². The number of benzene rings is 4. The van der Waals surface area contributed by atoms with Crippen molar-refractivity contribution in [1.29, 1.82) is 0 Å². The maximum atomic E-state index is 14.6. The number of anilines is 1. The van der Waals surface area contributed by atoms with Gasteiger partial charge in [0.05, 0.1) is 28.9 Å². The van der Waals surface area contributed by atoms with Crippen molar-refractivity contribution < 1.29 is 56.7 Å². The first-order valence-electron chi connectivity index (χ1n) is 26.6. The Balaban J connectivity index is 0.785. The first-order chi connectivity index (χ1) is 37.9. The number of Topliss-reactive ketones (excluding diaryl/α,β-unsaturated/α-hetero) is 3. The molecule has 4 aromatic carbocycles. The average molecular weight is 1090 g/mol. The summed E-state index contributed by atoms with van der Waals surface area (Å²) in [7, 11) is 0. The van der Waals surface area contributed by atoms with Gasteiger partial charge in [-0.15, -0.1) is 11.3 Å². The Bertz CT molecular complexity index is 3380. The molecule has 19 heteroatoms. The van der Waals surface area contributed by atoms with E-state index in [1.165, 1.54) is 29.2 Å². The van der Waals surface area contributed by atoms with Crippen molar-refractivity contribution >= 4 is 80.1 Å². The molecule has 1 saturated heterocycles. The Morgan fingerprint density at radius 1 is 0.886 bits per heavy atom. The highest BCUT2D eigenvalue weighted by Gasteiger charge is 2.46. The van der Waals surface area contributed by atoms with Gasteiger partial charge in [0.2, 0.25) is 17.7 Å². The molecule has 0 radical (unpaired) electrons. The summed E-state index contributed by atoms with van der Waals surface area (Å²) in [6.45, 7) is 1.26. The Labute approximate surface area is 458 Å². The molecular formula is C60H58F2N6O10S. The highest BCUT2D eigenvalue weighted by molar-refractivity contribution is 7.20. The second-order valence-corrected chi connectivity index (χ2v) is 22.2. The van der Waals surface area contributed by atoms with E-state index in [0.717, 1.165) is 41.4 Å². The quantitative estimate of drug-likeness (QED) is 0.0716. The number of nitrogens with two attached hydrogens (primary N) is 1. The van der Waals surface area contributed by atoms with Gasteiger partial charge in [-0.2, -0.15) is 0 Å². The Morgan fingerprint density at radius 2 is 1.65 bits per heavy atom. The summed E-state index contributed by atoms with van der Waals surface area (Å²) < 4.78 is 34.0. The van der Waals surface area contributed by atoms with Crippen molar-refractivity contribution in [2.45, 2.75) is 120 Å². The summed E-state index contributed by atoms with van der Waals surface area (Å²) in [4.78, 5) is 127. The van der Waals surface area contributed by atoms with E-state index in [1.54, 1.807) is 58.3 Å². The maximum absolute atomic E-state index is 14.6. The second-order valence-electron chi connectivity index (χ2n) is 21.1. The van der Waals surface area contributed by atoms with E-state index in [-0.39, 0.29) is 78.4 Å². The highest BCUT2D eigenvalue weighted by atomic mass is 32.1. The lowest BCUT2D eigenvalue weighted by Gasteiger charge is -2.34. The molecule has 5 atom stereocenters. The highest BCUT2D eigenvalue weighted by Crippen LogP contribution is 2.40. The van der Waals surface area contributed by atoms with E-state index in [2.05, 4.69) is 22.5 Å². The van der Waals surface area contributed by atoms with Crippen molar-refractivity contribution in [2.75, 3.05) is 24.6 Å². The largest absolute Gasteiger partial charge is 0.447 e. The molecule has 0 spiro atoms. The molecule has 10 rings (SSSR count). The zero-order valence-electron chi connectivity index (χ0n) is 43.4. The zero-order chi connectivity index (χ0) is 55.7. The average Bonchev–Trinajstić information content (AvgIpc) is 4.23. The number of aryl methyl sites for hydroxylation is 1. The van der Waals surface area contributed by atoms with Gasteiger partial charge in [-0.1, -0.05) is 72.5 Å².